The molecular formula is C44H49FN2+2. The number of allylic oxidation sites excluding steroid dienone is 1. The molecule has 2 aliphatic rings. The number of hydrogen-bond donors (Lipinski definition) is 0. The van der Waals surface area contributed by atoms with Crippen molar-refractivity contribution in [3.05, 3.63) is 123 Å². The number of nitrogens with zero attached hydrogens (tertiary/aromatic N) is 2. The SMILES string of the molecule is CCCCc1cc2c3c4[n+](ccc3c1)C=C(C[n+]1ccc(C)cc1-c1cc(C)ccc1C)C(CC)(CC)c1ccc(F)c(c1-4)C2(C)C. The van der Waals surface area contributed by atoms with E-state index in [0.717, 1.165) is 55.5 Å². The van der Waals surface area contributed by atoms with Gasteiger partial charge in [-0.1, -0.05) is 76.9 Å². The third-order valence-electron chi connectivity index (χ3n) is 11.5. The van der Waals surface area contributed by atoms with E-state index in [2.05, 4.69) is 138 Å². The van der Waals surface area contributed by atoms with Crippen molar-refractivity contribution in [3.63, 3.8) is 0 Å². The van der Waals surface area contributed by atoms with Crippen LogP contribution in [0.5, 0.6) is 0 Å². The summed E-state index contributed by atoms with van der Waals surface area (Å²) in [5, 5.41) is 2.53. The second-order valence-corrected chi connectivity index (χ2v) is 14.7. The first-order chi connectivity index (χ1) is 22.5. The van der Waals surface area contributed by atoms with Crippen molar-refractivity contribution in [2.24, 2.45) is 0 Å². The summed E-state index contributed by atoms with van der Waals surface area (Å²) in [4.78, 5) is 0. The fourth-order valence-corrected chi connectivity index (χ4v) is 8.78. The number of halogens is 1. The predicted molar refractivity (Wildman–Crippen MR) is 193 cm³/mol. The average molecular weight is 625 g/mol. The van der Waals surface area contributed by atoms with Gasteiger partial charge in [0.05, 0.1) is 16.5 Å². The van der Waals surface area contributed by atoms with E-state index in [-0.39, 0.29) is 11.2 Å². The van der Waals surface area contributed by atoms with Gasteiger partial charge in [0.25, 0.3) is 0 Å². The molecule has 1 aliphatic carbocycles. The van der Waals surface area contributed by atoms with E-state index in [9.17, 15) is 0 Å². The molecule has 5 aromatic rings. The summed E-state index contributed by atoms with van der Waals surface area (Å²) in [6.45, 7) is 18.7. The zero-order chi connectivity index (χ0) is 33.2. The van der Waals surface area contributed by atoms with Crippen molar-refractivity contribution in [1.82, 2.24) is 0 Å². The van der Waals surface area contributed by atoms with Crippen molar-refractivity contribution in [3.8, 4) is 22.5 Å². The number of benzene rings is 3. The van der Waals surface area contributed by atoms with E-state index in [1.165, 1.54) is 61.0 Å². The van der Waals surface area contributed by atoms with Gasteiger partial charge in [0.15, 0.2) is 25.1 Å². The van der Waals surface area contributed by atoms with Gasteiger partial charge in [0.1, 0.15) is 5.82 Å². The summed E-state index contributed by atoms with van der Waals surface area (Å²) >= 11 is 0. The minimum atomic E-state index is -0.471. The molecule has 2 nitrogen and oxygen atoms in total. The van der Waals surface area contributed by atoms with E-state index in [1.807, 2.05) is 0 Å². The zero-order valence-electron chi connectivity index (χ0n) is 29.5. The minimum Gasteiger partial charge on any atom is -0.207 e. The van der Waals surface area contributed by atoms with Gasteiger partial charge in [0, 0.05) is 40.2 Å². The van der Waals surface area contributed by atoms with Crippen LogP contribution in [0.2, 0.25) is 0 Å². The Labute approximate surface area is 280 Å². The second-order valence-electron chi connectivity index (χ2n) is 14.7. The van der Waals surface area contributed by atoms with E-state index >= 15 is 4.39 Å². The van der Waals surface area contributed by atoms with Crippen LogP contribution in [0.1, 0.15) is 99.2 Å². The molecule has 0 bridgehead atoms. The van der Waals surface area contributed by atoms with Gasteiger partial charge < -0.3 is 0 Å². The van der Waals surface area contributed by atoms with Crippen molar-refractivity contribution in [2.45, 2.75) is 105 Å². The van der Waals surface area contributed by atoms with Crippen molar-refractivity contribution in [1.29, 1.82) is 0 Å². The molecule has 2 aromatic heterocycles. The molecule has 240 valence electrons. The fraction of sp³-hybridized carbons (Fsp3) is 0.364. The van der Waals surface area contributed by atoms with E-state index in [4.69, 9.17) is 0 Å². The van der Waals surface area contributed by atoms with Crippen LogP contribution in [0, 0.1) is 26.6 Å². The topological polar surface area (TPSA) is 7.76 Å². The highest BCUT2D eigenvalue weighted by atomic mass is 19.1. The third-order valence-corrected chi connectivity index (χ3v) is 11.5. The molecule has 0 amide bonds. The number of rotatable bonds is 8. The highest BCUT2D eigenvalue weighted by Crippen LogP contribution is 2.55. The Hall–Kier alpha value is -4.11. The summed E-state index contributed by atoms with van der Waals surface area (Å²) in [6.07, 6.45) is 12.1. The number of aromatic nitrogens is 2. The molecule has 0 fully saturated rings. The van der Waals surface area contributed by atoms with Gasteiger partial charge in [-0.3, -0.25) is 0 Å². The van der Waals surface area contributed by atoms with Gasteiger partial charge in [-0.05, 0) is 91.8 Å². The maximum absolute atomic E-state index is 16.4. The highest BCUT2D eigenvalue weighted by Gasteiger charge is 2.49. The van der Waals surface area contributed by atoms with E-state index in [1.54, 1.807) is 6.07 Å². The first-order valence-corrected chi connectivity index (χ1v) is 17.7. The quantitative estimate of drug-likeness (QED) is 0.152. The average Bonchev–Trinajstić information content (AvgIpc) is 3.17. The highest BCUT2D eigenvalue weighted by molar-refractivity contribution is 6.02. The van der Waals surface area contributed by atoms with Crippen molar-refractivity contribution < 1.29 is 13.5 Å². The first-order valence-electron chi connectivity index (χ1n) is 17.7. The van der Waals surface area contributed by atoms with Crippen LogP contribution in [-0.2, 0) is 23.8 Å². The normalized spacial score (nSPS) is 15.5. The molecular weight excluding hydrogens is 575 g/mol. The molecule has 0 saturated heterocycles. The third kappa shape index (κ3) is 4.80. The number of pyridine rings is 2. The van der Waals surface area contributed by atoms with E-state index < -0.39 is 5.41 Å². The summed E-state index contributed by atoms with van der Waals surface area (Å²) in [7, 11) is 0. The van der Waals surface area contributed by atoms with Crippen LogP contribution in [0.15, 0.2) is 78.6 Å². The lowest BCUT2D eigenvalue weighted by atomic mass is 9.63. The van der Waals surface area contributed by atoms with Crippen LogP contribution in [0.4, 0.5) is 4.39 Å². The van der Waals surface area contributed by atoms with Gasteiger partial charge in [-0.25, -0.2) is 4.39 Å². The smallest absolute Gasteiger partial charge is 0.207 e. The molecule has 1 aliphatic heterocycles. The summed E-state index contributed by atoms with van der Waals surface area (Å²) in [5.41, 5.74) is 13.9. The number of hydrogen-bond acceptors (Lipinski definition) is 0. The molecule has 0 spiro atoms. The molecule has 3 aromatic carbocycles. The lowest BCUT2D eigenvalue weighted by Crippen LogP contribution is -2.43. The fourth-order valence-electron chi connectivity index (χ4n) is 8.78. The molecule has 0 saturated carbocycles. The molecule has 0 unspecified atom stereocenters. The van der Waals surface area contributed by atoms with E-state index in [0.29, 0.717) is 0 Å². The number of aryl methyl sites for hydroxylation is 4. The Morgan fingerprint density at radius 3 is 2.30 bits per heavy atom. The minimum absolute atomic E-state index is 0.100. The lowest BCUT2D eigenvalue weighted by molar-refractivity contribution is -0.679. The zero-order valence-corrected chi connectivity index (χ0v) is 29.5. The Bertz CT molecular complexity index is 2090. The van der Waals surface area contributed by atoms with Crippen LogP contribution < -0.4 is 9.13 Å². The monoisotopic (exact) mass is 624 g/mol. The summed E-state index contributed by atoms with van der Waals surface area (Å²) in [6, 6.07) is 22.2. The maximum Gasteiger partial charge on any atom is 0.226 e. The Morgan fingerprint density at radius 2 is 1.55 bits per heavy atom. The Kier molecular flexibility index (Phi) is 7.73. The van der Waals surface area contributed by atoms with Gasteiger partial charge in [0.2, 0.25) is 11.4 Å². The predicted octanol–water partition coefficient (Wildman–Crippen LogP) is 10.4. The van der Waals surface area contributed by atoms with Crippen LogP contribution in [0.25, 0.3) is 39.5 Å². The molecule has 0 atom stereocenters. The van der Waals surface area contributed by atoms with Crippen LogP contribution in [-0.4, -0.2) is 0 Å². The summed E-state index contributed by atoms with van der Waals surface area (Å²) < 4.78 is 21.2. The molecule has 7 rings (SSSR count). The van der Waals surface area contributed by atoms with Gasteiger partial charge in [-0.2, -0.15) is 9.13 Å². The van der Waals surface area contributed by atoms with Crippen LogP contribution in [0.3, 0.4) is 0 Å². The van der Waals surface area contributed by atoms with Gasteiger partial charge in [-0.15, -0.1) is 0 Å². The largest absolute Gasteiger partial charge is 0.226 e. The Morgan fingerprint density at radius 1 is 0.787 bits per heavy atom. The first kappa shape index (κ1) is 31.5. The second kappa shape index (κ2) is 11.5. The molecule has 0 N–H and O–H groups in total. The molecule has 47 heavy (non-hydrogen) atoms. The standard InChI is InChI=1S/C44H49FN2/c1-9-12-13-31-24-32-19-21-47-27-33(26-46-20-18-29(5)23-38(46)34-22-28(4)14-15-30(34)6)44(10-2,11-3)35-16-17-37(45)41-40(35)42(47)39(32)36(25-31)43(41,7)8/h14-25,27H,9-13,26H2,1-8H3/q+2. The number of unbranched alkanes of at least 4 members (excludes halogenated alkanes) is 1. The molecule has 3 heterocycles. The Balaban J connectivity index is 1.54. The summed E-state index contributed by atoms with van der Waals surface area (Å²) in [5.74, 6) is -0.100. The van der Waals surface area contributed by atoms with Crippen LogP contribution >= 0.6 is 0 Å². The van der Waals surface area contributed by atoms with Crippen molar-refractivity contribution in [2.75, 3.05) is 0 Å². The lowest BCUT2D eigenvalue weighted by Gasteiger charge is -2.38. The maximum atomic E-state index is 16.4. The molecule has 3 heteroatoms. The molecule has 0 radical (unpaired) electrons. The van der Waals surface area contributed by atoms with Gasteiger partial charge >= 0.3 is 0 Å². The van der Waals surface area contributed by atoms with Crippen molar-refractivity contribution >= 4 is 17.0 Å².